The summed E-state index contributed by atoms with van der Waals surface area (Å²) in [5.41, 5.74) is 1.38. The van der Waals surface area contributed by atoms with Crippen molar-refractivity contribution < 1.29 is 4.92 Å². The Morgan fingerprint density at radius 1 is 1.42 bits per heavy atom. The van der Waals surface area contributed by atoms with Gasteiger partial charge in [0.2, 0.25) is 0 Å². The highest BCUT2D eigenvalue weighted by Gasteiger charge is 2.32. The Balaban J connectivity index is 3.40. The molecule has 0 amide bonds. The fraction of sp³-hybridized carbons (Fsp3) is 0.769. The normalized spacial score (nSPS) is 14.7. The first-order chi connectivity index (χ1) is 8.84. The second-order valence-electron chi connectivity index (χ2n) is 5.21. The molecule has 0 radical (unpaired) electrons. The molecule has 2 atom stereocenters. The number of aromatic nitrogens is 2. The molecule has 1 aromatic heterocycles. The summed E-state index contributed by atoms with van der Waals surface area (Å²) >= 11 is 0. The monoisotopic (exact) mass is 268 g/mol. The average Bonchev–Trinajstić information content (AvgIpc) is 2.68. The van der Waals surface area contributed by atoms with Gasteiger partial charge in [0.05, 0.1) is 4.92 Å². The minimum Gasteiger partial charge on any atom is -0.316 e. The standard InChI is InChI=1S/C13H24N4O2/c1-7-11(14-6)9(4)12-13(17(18)19)10(5)15-16(12)8(2)3/h8-9,11,14H,7H2,1-6H3. The maximum absolute atomic E-state index is 11.3. The molecule has 0 saturated heterocycles. The van der Waals surface area contributed by atoms with Gasteiger partial charge in [-0.25, -0.2) is 0 Å². The third-order valence-corrected chi connectivity index (χ3v) is 3.61. The van der Waals surface area contributed by atoms with Crippen molar-refractivity contribution >= 4 is 5.69 Å². The Labute approximate surface area is 114 Å². The van der Waals surface area contributed by atoms with Crippen molar-refractivity contribution in [3.05, 3.63) is 21.5 Å². The van der Waals surface area contributed by atoms with E-state index >= 15 is 0 Å². The molecule has 0 saturated carbocycles. The highest BCUT2D eigenvalue weighted by atomic mass is 16.6. The number of likely N-dealkylation sites (N-methyl/N-ethyl adjacent to an activating group) is 1. The van der Waals surface area contributed by atoms with Crippen LogP contribution in [0.3, 0.4) is 0 Å². The van der Waals surface area contributed by atoms with Crippen LogP contribution < -0.4 is 5.32 Å². The zero-order valence-electron chi connectivity index (χ0n) is 12.6. The summed E-state index contributed by atoms with van der Waals surface area (Å²) in [6.45, 7) is 9.78. The third-order valence-electron chi connectivity index (χ3n) is 3.61. The lowest BCUT2D eigenvalue weighted by Gasteiger charge is -2.23. The van der Waals surface area contributed by atoms with E-state index in [1.807, 2.05) is 27.8 Å². The van der Waals surface area contributed by atoms with Gasteiger partial charge in [-0.15, -0.1) is 0 Å². The Bertz CT molecular complexity index is 450. The molecule has 0 spiro atoms. The first kappa shape index (κ1) is 15.6. The van der Waals surface area contributed by atoms with E-state index in [9.17, 15) is 10.1 Å². The van der Waals surface area contributed by atoms with Crippen molar-refractivity contribution in [1.82, 2.24) is 15.1 Å². The molecule has 6 nitrogen and oxygen atoms in total. The molecule has 0 aliphatic rings. The average molecular weight is 268 g/mol. The lowest BCUT2D eigenvalue weighted by molar-refractivity contribution is -0.386. The lowest BCUT2D eigenvalue weighted by atomic mass is 9.94. The van der Waals surface area contributed by atoms with Gasteiger partial charge in [0.15, 0.2) is 0 Å². The van der Waals surface area contributed by atoms with Gasteiger partial charge in [-0.1, -0.05) is 13.8 Å². The summed E-state index contributed by atoms with van der Waals surface area (Å²) in [5.74, 6) is 0.0407. The molecule has 0 bridgehead atoms. The third kappa shape index (κ3) is 2.94. The molecule has 2 unspecified atom stereocenters. The predicted molar refractivity (Wildman–Crippen MR) is 75.6 cm³/mol. The largest absolute Gasteiger partial charge is 0.316 e. The minimum atomic E-state index is -0.310. The van der Waals surface area contributed by atoms with Crippen LogP contribution in [0.25, 0.3) is 0 Å². The van der Waals surface area contributed by atoms with Crippen LogP contribution in [0.4, 0.5) is 5.69 Å². The van der Waals surface area contributed by atoms with Crippen LogP contribution in [0, 0.1) is 17.0 Å². The molecule has 1 aromatic rings. The molecule has 1 N–H and O–H groups in total. The first-order valence-electron chi connectivity index (χ1n) is 6.75. The Morgan fingerprint density at radius 3 is 2.37 bits per heavy atom. The van der Waals surface area contributed by atoms with E-state index in [0.717, 1.165) is 12.1 Å². The lowest BCUT2D eigenvalue weighted by Crippen LogP contribution is -2.31. The fourth-order valence-corrected chi connectivity index (χ4v) is 2.60. The van der Waals surface area contributed by atoms with E-state index in [4.69, 9.17) is 0 Å². The summed E-state index contributed by atoms with van der Waals surface area (Å²) in [4.78, 5) is 11.0. The van der Waals surface area contributed by atoms with Gasteiger partial charge in [0.25, 0.3) is 0 Å². The van der Waals surface area contributed by atoms with E-state index < -0.39 is 0 Å². The molecule has 1 heterocycles. The zero-order valence-corrected chi connectivity index (χ0v) is 12.6. The maximum Gasteiger partial charge on any atom is 0.313 e. The second-order valence-corrected chi connectivity index (χ2v) is 5.21. The van der Waals surface area contributed by atoms with Crippen LogP contribution in [-0.2, 0) is 0 Å². The van der Waals surface area contributed by atoms with Gasteiger partial charge in [0.1, 0.15) is 11.4 Å². The van der Waals surface area contributed by atoms with Crippen molar-refractivity contribution in [1.29, 1.82) is 0 Å². The molecule has 0 aliphatic carbocycles. The molecule has 108 valence electrons. The van der Waals surface area contributed by atoms with Crippen LogP contribution in [0.5, 0.6) is 0 Å². The van der Waals surface area contributed by atoms with Crippen molar-refractivity contribution in [2.45, 2.75) is 59.0 Å². The first-order valence-corrected chi connectivity index (χ1v) is 6.75. The van der Waals surface area contributed by atoms with Crippen molar-refractivity contribution in [2.24, 2.45) is 0 Å². The molecule has 19 heavy (non-hydrogen) atoms. The Hall–Kier alpha value is -1.43. The zero-order chi connectivity index (χ0) is 14.7. The van der Waals surface area contributed by atoms with Crippen LogP contribution in [-0.4, -0.2) is 27.8 Å². The maximum atomic E-state index is 11.3. The van der Waals surface area contributed by atoms with Crippen molar-refractivity contribution in [2.75, 3.05) is 7.05 Å². The number of nitrogens with zero attached hydrogens (tertiary/aromatic N) is 3. The van der Waals surface area contributed by atoms with Crippen molar-refractivity contribution in [3.63, 3.8) is 0 Å². The Kier molecular flexibility index (Phi) is 5.05. The minimum absolute atomic E-state index is 0.0407. The SMILES string of the molecule is CCC(NC)C(C)c1c([N+](=O)[O-])c(C)nn1C(C)C. The number of nitrogens with one attached hydrogen (secondary N) is 1. The predicted octanol–water partition coefficient (Wildman–Crippen LogP) is 2.78. The summed E-state index contributed by atoms with van der Waals surface area (Å²) < 4.78 is 1.79. The highest BCUT2D eigenvalue weighted by Crippen LogP contribution is 2.34. The molecule has 6 heteroatoms. The smallest absolute Gasteiger partial charge is 0.313 e. The molecule has 0 aromatic carbocycles. The Morgan fingerprint density at radius 2 is 2.00 bits per heavy atom. The second kappa shape index (κ2) is 6.14. The molecule has 1 rings (SSSR count). The summed E-state index contributed by atoms with van der Waals surface area (Å²) in [6.07, 6.45) is 0.914. The van der Waals surface area contributed by atoms with Gasteiger partial charge in [-0.2, -0.15) is 5.10 Å². The van der Waals surface area contributed by atoms with E-state index in [-0.39, 0.29) is 28.6 Å². The van der Waals surface area contributed by atoms with E-state index in [1.54, 1.807) is 11.6 Å². The quantitative estimate of drug-likeness (QED) is 0.636. The van der Waals surface area contributed by atoms with Gasteiger partial charge < -0.3 is 5.32 Å². The molecular formula is C13H24N4O2. The number of hydrogen-bond acceptors (Lipinski definition) is 4. The van der Waals surface area contributed by atoms with Gasteiger partial charge in [-0.05, 0) is 34.2 Å². The number of hydrogen-bond donors (Lipinski definition) is 1. The van der Waals surface area contributed by atoms with Crippen LogP contribution in [0.1, 0.15) is 57.5 Å². The van der Waals surface area contributed by atoms with E-state index in [0.29, 0.717) is 5.69 Å². The highest BCUT2D eigenvalue weighted by molar-refractivity contribution is 5.43. The fourth-order valence-electron chi connectivity index (χ4n) is 2.60. The molecule has 0 fully saturated rings. The van der Waals surface area contributed by atoms with Gasteiger partial charge in [-0.3, -0.25) is 14.8 Å². The summed E-state index contributed by atoms with van der Waals surface area (Å²) in [5, 5.41) is 18.9. The van der Waals surface area contributed by atoms with E-state index in [2.05, 4.69) is 17.3 Å². The summed E-state index contributed by atoms with van der Waals surface area (Å²) in [6, 6.07) is 0.312. The van der Waals surface area contributed by atoms with Gasteiger partial charge in [0, 0.05) is 18.0 Å². The van der Waals surface area contributed by atoms with Crippen LogP contribution in [0.2, 0.25) is 0 Å². The van der Waals surface area contributed by atoms with Crippen LogP contribution >= 0.6 is 0 Å². The molecule has 0 aliphatic heterocycles. The number of rotatable bonds is 6. The van der Waals surface area contributed by atoms with Gasteiger partial charge >= 0.3 is 5.69 Å². The van der Waals surface area contributed by atoms with E-state index in [1.165, 1.54) is 0 Å². The topological polar surface area (TPSA) is 73.0 Å². The van der Waals surface area contributed by atoms with Crippen molar-refractivity contribution in [3.8, 4) is 0 Å². The number of aryl methyl sites for hydroxylation is 1. The van der Waals surface area contributed by atoms with Crippen LogP contribution in [0.15, 0.2) is 0 Å². The summed E-state index contributed by atoms with van der Waals surface area (Å²) in [7, 11) is 1.89. The molecular weight excluding hydrogens is 244 g/mol. The number of nitro groups is 1.